The minimum atomic E-state index is 0.561. The van der Waals surface area contributed by atoms with Gasteiger partial charge in [0.2, 0.25) is 0 Å². The van der Waals surface area contributed by atoms with Crippen LogP contribution in [-0.4, -0.2) is 39.5 Å². The molecule has 1 fully saturated rings. The van der Waals surface area contributed by atoms with Crippen LogP contribution >= 0.6 is 0 Å². The van der Waals surface area contributed by atoms with Gasteiger partial charge >= 0.3 is 0 Å². The van der Waals surface area contributed by atoms with E-state index in [0.29, 0.717) is 6.04 Å². The third-order valence-electron chi connectivity index (χ3n) is 4.54. The summed E-state index contributed by atoms with van der Waals surface area (Å²) in [6.07, 6.45) is 9.39. The normalized spacial score (nSPS) is 19.4. The number of aryl methyl sites for hydroxylation is 1. The Labute approximate surface area is 123 Å². The third-order valence-corrected chi connectivity index (χ3v) is 4.54. The zero-order valence-corrected chi connectivity index (χ0v) is 13.4. The molecule has 0 aromatic carbocycles. The maximum Gasteiger partial charge on any atom is 0.0827 e. The number of aromatic nitrogens is 3. The van der Waals surface area contributed by atoms with Crippen molar-refractivity contribution in [3.63, 3.8) is 0 Å². The highest BCUT2D eigenvalue weighted by Crippen LogP contribution is 2.22. The van der Waals surface area contributed by atoms with Gasteiger partial charge in [0.25, 0.3) is 0 Å². The summed E-state index contributed by atoms with van der Waals surface area (Å²) < 4.78 is 2.12. The Balaban J connectivity index is 1.79. The number of hydrogen-bond donors (Lipinski definition) is 0. The number of rotatable bonds is 7. The predicted octanol–water partition coefficient (Wildman–Crippen LogP) is 3.30. The van der Waals surface area contributed by atoms with E-state index >= 15 is 0 Å². The van der Waals surface area contributed by atoms with Crippen LogP contribution in [0.15, 0.2) is 6.20 Å². The molecule has 1 saturated heterocycles. The van der Waals surface area contributed by atoms with Crippen molar-refractivity contribution in [2.45, 2.75) is 65.3 Å². The summed E-state index contributed by atoms with van der Waals surface area (Å²) in [4.78, 5) is 2.61. The van der Waals surface area contributed by atoms with Crippen molar-refractivity contribution in [1.82, 2.24) is 19.9 Å². The van der Waals surface area contributed by atoms with Gasteiger partial charge in [-0.3, -0.25) is 0 Å². The lowest BCUT2D eigenvalue weighted by atomic mass is 10.0. The second-order valence-electron chi connectivity index (χ2n) is 6.34. The number of unbranched alkanes of at least 4 members (excludes halogenated alkanes) is 1. The van der Waals surface area contributed by atoms with Crippen LogP contribution in [0.4, 0.5) is 0 Å². The van der Waals surface area contributed by atoms with Crippen molar-refractivity contribution in [1.29, 1.82) is 0 Å². The van der Waals surface area contributed by atoms with E-state index < -0.39 is 0 Å². The molecule has 4 heteroatoms. The molecule has 0 N–H and O–H groups in total. The first-order valence-electron chi connectivity index (χ1n) is 8.36. The molecule has 1 aliphatic heterocycles. The maximum absolute atomic E-state index is 4.34. The molecule has 2 rings (SSSR count). The first-order chi connectivity index (χ1) is 9.72. The highest BCUT2D eigenvalue weighted by molar-refractivity contribution is 4.94. The molecular formula is C16H30N4. The van der Waals surface area contributed by atoms with Gasteiger partial charge in [-0.25, -0.2) is 4.68 Å². The molecule has 2 heterocycles. The molecule has 0 unspecified atom stereocenters. The van der Waals surface area contributed by atoms with E-state index in [2.05, 4.69) is 46.9 Å². The van der Waals surface area contributed by atoms with Gasteiger partial charge in [-0.1, -0.05) is 38.8 Å². The van der Waals surface area contributed by atoms with Crippen molar-refractivity contribution in [3.05, 3.63) is 11.9 Å². The van der Waals surface area contributed by atoms with E-state index in [0.717, 1.165) is 18.0 Å². The lowest BCUT2D eigenvalue weighted by molar-refractivity contribution is 0.159. The third kappa shape index (κ3) is 4.30. The Bertz CT molecular complexity index is 380. The fourth-order valence-electron chi connectivity index (χ4n) is 2.90. The lowest BCUT2D eigenvalue weighted by Gasteiger charge is -2.33. The molecule has 114 valence electrons. The SMILES string of the molecule is CCCCc1cn(C2CCN(C[C@@H](C)CC)CC2)nn1. The highest BCUT2D eigenvalue weighted by atomic mass is 15.4. The summed E-state index contributed by atoms with van der Waals surface area (Å²) >= 11 is 0. The summed E-state index contributed by atoms with van der Waals surface area (Å²) in [7, 11) is 0. The minimum absolute atomic E-state index is 0.561. The van der Waals surface area contributed by atoms with Crippen LogP contribution in [0.3, 0.4) is 0 Å². The van der Waals surface area contributed by atoms with Crippen molar-refractivity contribution in [3.8, 4) is 0 Å². The standard InChI is InChI=1S/C16H30N4/c1-4-6-7-15-13-20(18-17-15)16-8-10-19(11-9-16)12-14(3)5-2/h13-14,16H,4-12H2,1-3H3/t14-/m0/s1. The molecule has 1 aromatic rings. The van der Waals surface area contributed by atoms with Crippen molar-refractivity contribution in [2.24, 2.45) is 5.92 Å². The van der Waals surface area contributed by atoms with Gasteiger partial charge < -0.3 is 4.90 Å². The number of likely N-dealkylation sites (tertiary alicyclic amines) is 1. The maximum atomic E-state index is 4.34. The molecule has 1 aliphatic rings. The Morgan fingerprint density at radius 2 is 2.05 bits per heavy atom. The first kappa shape index (κ1) is 15.5. The molecule has 1 atom stereocenters. The summed E-state index contributed by atoms with van der Waals surface area (Å²) in [6.45, 7) is 10.5. The molecule has 0 amide bonds. The van der Waals surface area contributed by atoms with E-state index in [-0.39, 0.29) is 0 Å². The summed E-state index contributed by atoms with van der Waals surface area (Å²) in [6, 6.07) is 0.561. The number of hydrogen-bond acceptors (Lipinski definition) is 3. The Hall–Kier alpha value is -0.900. The van der Waals surface area contributed by atoms with Crippen LogP contribution in [0.5, 0.6) is 0 Å². The fraction of sp³-hybridized carbons (Fsp3) is 0.875. The van der Waals surface area contributed by atoms with Gasteiger partial charge in [-0.05, 0) is 31.6 Å². The Morgan fingerprint density at radius 1 is 1.30 bits per heavy atom. The van der Waals surface area contributed by atoms with Crippen LogP contribution in [0.25, 0.3) is 0 Å². The number of nitrogens with zero attached hydrogens (tertiary/aromatic N) is 4. The second kappa shape index (κ2) is 7.77. The fourth-order valence-corrected chi connectivity index (χ4v) is 2.90. The van der Waals surface area contributed by atoms with Gasteiger partial charge in [0, 0.05) is 25.8 Å². The van der Waals surface area contributed by atoms with E-state index in [9.17, 15) is 0 Å². The summed E-state index contributed by atoms with van der Waals surface area (Å²) in [5, 5.41) is 8.65. The van der Waals surface area contributed by atoms with Crippen LogP contribution in [-0.2, 0) is 6.42 Å². The minimum Gasteiger partial charge on any atom is -0.303 e. The zero-order valence-electron chi connectivity index (χ0n) is 13.4. The molecular weight excluding hydrogens is 248 g/mol. The lowest BCUT2D eigenvalue weighted by Crippen LogP contribution is -2.37. The van der Waals surface area contributed by atoms with Crippen LogP contribution in [0, 0.1) is 5.92 Å². The van der Waals surface area contributed by atoms with E-state index in [4.69, 9.17) is 0 Å². The largest absolute Gasteiger partial charge is 0.303 e. The number of piperidine rings is 1. The van der Waals surface area contributed by atoms with Crippen molar-refractivity contribution >= 4 is 0 Å². The molecule has 0 aliphatic carbocycles. The molecule has 0 spiro atoms. The van der Waals surface area contributed by atoms with Gasteiger partial charge in [0.15, 0.2) is 0 Å². The first-order valence-corrected chi connectivity index (χ1v) is 8.36. The van der Waals surface area contributed by atoms with E-state index in [1.54, 1.807) is 0 Å². The van der Waals surface area contributed by atoms with Crippen LogP contribution in [0.1, 0.15) is 64.6 Å². The monoisotopic (exact) mass is 278 g/mol. The zero-order chi connectivity index (χ0) is 14.4. The van der Waals surface area contributed by atoms with Crippen LogP contribution in [0.2, 0.25) is 0 Å². The topological polar surface area (TPSA) is 34.0 Å². The van der Waals surface area contributed by atoms with Gasteiger partial charge in [0.05, 0.1) is 11.7 Å². The smallest absolute Gasteiger partial charge is 0.0827 e. The molecule has 4 nitrogen and oxygen atoms in total. The van der Waals surface area contributed by atoms with Crippen molar-refractivity contribution < 1.29 is 0 Å². The van der Waals surface area contributed by atoms with Crippen LogP contribution < -0.4 is 0 Å². The van der Waals surface area contributed by atoms with E-state index in [1.165, 1.54) is 51.7 Å². The molecule has 20 heavy (non-hydrogen) atoms. The average Bonchev–Trinajstić information content (AvgIpc) is 2.94. The summed E-state index contributed by atoms with van der Waals surface area (Å²) in [5.41, 5.74) is 1.16. The molecule has 0 saturated carbocycles. The van der Waals surface area contributed by atoms with Crippen molar-refractivity contribution in [2.75, 3.05) is 19.6 Å². The second-order valence-corrected chi connectivity index (χ2v) is 6.34. The molecule has 0 radical (unpaired) electrons. The molecule has 1 aromatic heterocycles. The van der Waals surface area contributed by atoms with Gasteiger partial charge in [0.1, 0.15) is 0 Å². The quantitative estimate of drug-likeness (QED) is 0.767. The van der Waals surface area contributed by atoms with Gasteiger partial charge in [-0.2, -0.15) is 0 Å². The van der Waals surface area contributed by atoms with Gasteiger partial charge in [-0.15, -0.1) is 5.10 Å². The Morgan fingerprint density at radius 3 is 2.70 bits per heavy atom. The average molecular weight is 278 g/mol. The summed E-state index contributed by atoms with van der Waals surface area (Å²) in [5.74, 6) is 0.818. The van der Waals surface area contributed by atoms with E-state index in [1.807, 2.05) is 0 Å². The predicted molar refractivity (Wildman–Crippen MR) is 82.8 cm³/mol. The highest BCUT2D eigenvalue weighted by Gasteiger charge is 2.22. The molecule has 0 bridgehead atoms. The Kier molecular flexibility index (Phi) is 6.02.